The summed E-state index contributed by atoms with van der Waals surface area (Å²) in [6, 6.07) is 0. The van der Waals surface area contributed by atoms with E-state index in [1.165, 1.54) is 19.5 Å². The summed E-state index contributed by atoms with van der Waals surface area (Å²) in [5.41, 5.74) is 5.48. The first kappa shape index (κ1) is 11.9. The van der Waals surface area contributed by atoms with E-state index < -0.39 is 0 Å². The molecule has 2 nitrogen and oxygen atoms in total. The number of nitrogens with two attached hydrogens (primary N) is 1. The van der Waals surface area contributed by atoms with Crippen LogP contribution in [0, 0.1) is 11.8 Å². The molecule has 1 rings (SSSR count). The normalized spacial score (nSPS) is 29.0. The van der Waals surface area contributed by atoms with Crippen molar-refractivity contribution >= 4 is 17.2 Å². The highest BCUT2D eigenvalue weighted by molar-refractivity contribution is 7.80. The predicted octanol–water partition coefficient (Wildman–Crippen LogP) is 2.03. The van der Waals surface area contributed by atoms with Gasteiger partial charge in [0.25, 0.3) is 0 Å². The summed E-state index contributed by atoms with van der Waals surface area (Å²) >= 11 is 4.87. The molecular weight excluding hydrogens is 192 g/mol. The lowest BCUT2D eigenvalue weighted by Gasteiger charge is -2.34. The van der Waals surface area contributed by atoms with Gasteiger partial charge in [-0.3, -0.25) is 0 Å². The molecule has 2 unspecified atom stereocenters. The van der Waals surface area contributed by atoms with Gasteiger partial charge in [-0.2, -0.15) is 0 Å². The molecular formula is C11H22N2S. The molecule has 0 aromatic heterocycles. The van der Waals surface area contributed by atoms with E-state index in [-0.39, 0.29) is 0 Å². The first-order chi connectivity index (χ1) is 6.58. The second-order valence-corrected chi connectivity index (χ2v) is 5.30. The van der Waals surface area contributed by atoms with Crippen LogP contribution >= 0.6 is 12.2 Å². The first-order valence-electron chi connectivity index (χ1n) is 5.58. The fourth-order valence-electron chi connectivity index (χ4n) is 2.45. The highest BCUT2D eigenvalue weighted by Gasteiger charge is 2.20. The Bertz CT molecular complexity index is 184. The molecule has 2 atom stereocenters. The summed E-state index contributed by atoms with van der Waals surface area (Å²) in [4.78, 5) is 3.21. The van der Waals surface area contributed by atoms with Crippen LogP contribution in [0.4, 0.5) is 0 Å². The number of likely N-dealkylation sites (tertiary alicyclic amines) is 1. The molecule has 0 spiro atoms. The zero-order valence-electron chi connectivity index (χ0n) is 9.33. The molecule has 0 bridgehead atoms. The van der Waals surface area contributed by atoms with Gasteiger partial charge in [-0.25, -0.2) is 0 Å². The summed E-state index contributed by atoms with van der Waals surface area (Å²) in [5.74, 6) is 1.70. The lowest BCUT2D eigenvalue weighted by molar-refractivity contribution is 0.140. The van der Waals surface area contributed by atoms with Gasteiger partial charge in [-0.05, 0) is 37.6 Å². The van der Waals surface area contributed by atoms with E-state index in [9.17, 15) is 0 Å². The number of nitrogens with zero attached hydrogens (tertiary/aromatic N) is 1. The van der Waals surface area contributed by atoms with Gasteiger partial charge in [0.2, 0.25) is 0 Å². The third-order valence-corrected chi connectivity index (χ3v) is 3.05. The Kier molecular flexibility index (Phi) is 4.82. The molecule has 0 aliphatic carbocycles. The monoisotopic (exact) mass is 214 g/mol. The molecule has 1 heterocycles. The molecule has 14 heavy (non-hydrogen) atoms. The highest BCUT2D eigenvalue weighted by Crippen LogP contribution is 2.20. The molecule has 0 saturated carbocycles. The van der Waals surface area contributed by atoms with Gasteiger partial charge < -0.3 is 10.6 Å². The lowest BCUT2D eigenvalue weighted by atomic mass is 9.92. The number of thiocarbonyl (C=S) groups is 1. The van der Waals surface area contributed by atoms with Crippen LogP contribution in [0.25, 0.3) is 0 Å². The van der Waals surface area contributed by atoms with Crippen LogP contribution in [-0.4, -0.2) is 29.5 Å². The zero-order valence-corrected chi connectivity index (χ0v) is 10.1. The van der Waals surface area contributed by atoms with Gasteiger partial charge in [0.1, 0.15) is 0 Å². The molecule has 1 saturated heterocycles. The number of rotatable bonds is 4. The van der Waals surface area contributed by atoms with Gasteiger partial charge in [-0.1, -0.05) is 26.1 Å². The molecule has 0 radical (unpaired) electrons. The van der Waals surface area contributed by atoms with Crippen molar-refractivity contribution < 1.29 is 0 Å². The summed E-state index contributed by atoms with van der Waals surface area (Å²) in [6.07, 6.45) is 3.40. The van der Waals surface area contributed by atoms with E-state index in [2.05, 4.69) is 18.7 Å². The van der Waals surface area contributed by atoms with Crippen molar-refractivity contribution in [2.45, 2.75) is 33.1 Å². The van der Waals surface area contributed by atoms with Crippen LogP contribution in [0.5, 0.6) is 0 Å². The second kappa shape index (κ2) is 5.66. The van der Waals surface area contributed by atoms with Gasteiger partial charge >= 0.3 is 0 Å². The Morgan fingerprint density at radius 3 is 2.43 bits per heavy atom. The quantitative estimate of drug-likeness (QED) is 0.726. The summed E-state index contributed by atoms with van der Waals surface area (Å²) in [5, 5.41) is 0. The summed E-state index contributed by atoms with van der Waals surface area (Å²) in [6.45, 7) is 8.35. The smallest absolute Gasteiger partial charge is 0.0727 e. The molecule has 2 N–H and O–H groups in total. The topological polar surface area (TPSA) is 29.3 Å². The van der Waals surface area contributed by atoms with Crippen molar-refractivity contribution in [2.24, 2.45) is 17.6 Å². The van der Waals surface area contributed by atoms with E-state index in [0.717, 1.165) is 31.2 Å². The van der Waals surface area contributed by atoms with E-state index >= 15 is 0 Å². The largest absolute Gasteiger partial charge is 0.393 e. The van der Waals surface area contributed by atoms with Crippen LogP contribution in [0.1, 0.15) is 33.1 Å². The predicted molar refractivity (Wildman–Crippen MR) is 65.4 cm³/mol. The molecule has 3 heteroatoms. The van der Waals surface area contributed by atoms with Crippen molar-refractivity contribution in [3.05, 3.63) is 0 Å². The van der Waals surface area contributed by atoms with Gasteiger partial charge in [0.05, 0.1) is 4.99 Å². The van der Waals surface area contributed by atoms with Crippen molar-refractivity contribution in [3.63, 3.8) is 0 Å². The molecule has 1 aliphatic rings. The van der Waals surface area contributed by atoms with Crippen LogP contribution in [0.15, 0.2) is 0 Å². The maximum absolute atomic E-state index is 5.48. The number of hydrogen-bond donors (Lipinski definition) is 1. The fourth-order valence-corrected chi connectivity index (χ4v) is 2.60. The van der Waals surface area contributed by atoms with Gasteiger partial charge in [0.15, 0.2) is 0 Å². The maximum atomic E-state index is 5.48. The van der Waals surface area contributed by atoms with Crippen molar-refractivity contribution in [1.82, 2.24) is 4.90 Å². The third-order valence-electron chi connectivity index (χ3n) is 2.84. The first-order valence-corrected chi connectivity index (χ1v) is 5.99. The van der Waals surface area contributed by atoms with Gasteiger partial charge in [-0.15, -0.1) is 0 Å². The van der Waals surface area contributed by atoms with E-state index in [1.54, 1.807) is 0 Å². The molecule has 82 valence electrons. The third kappa shape index (κ3) is 4.38. The minimum Gasteiger partial charge on any atom is -0.393 e. The van der Waals surface area contributed by atoms with E-state index in [0.29, 0.717) is 4.99 Å². The van der Waals surface area contributed by atoms with Crippen LogP contribution < -0.4 is 5.73 Å². The van der Waals surface area contributed by atoms with Crippen molar-refractivity contribution in [3.8, 4) is 0 Å². The maximum Gasteiger partial charge on any atom is 0.0727 e. The minimum atomic E-state index is 0.656. The highest BCUT2D eigenvalue weighted by atomic mass is 32.1. The van der Waals surface area contributed by atoms with Crippen LogP contribution in [0.3, 0.4) is 0 Å². The van der Waals surface area contributed by atoms with E-state index in [1.807, 2.05) is 0 Å². The Balaban J connectivity index is 2.20. The standard InChI is InChI=1S/C11H22N2S/c1-9-6-10(2)8-13(7-9)5-3-4-11(12)14/h9-10H,3-8H2,1-2H3,(H2,12,14). The van der Waals surface area contributed by atoms with Gasteiger partial charge in [0, 0.05) is 13.1 Å². The van der Waals surface area contributed by atoms with E-state index in [4.69, 9.17) is 18.0 Å². The molecule has 0 aromatic carbocycles. The minimum absolute atomic E-state index is 0.656. The Morgan fingerprint density at radius 2 is 1.93 bits per heavy atom. The summed E-state index contributed by atoms with van der Waals surface area (Å²) < 4.78 is 0. The molecule has 1 fully saturated rings. The molecule has 0 amide bonds. The summed E-state index contributed by atoms with van der Waals surface area (Å²) in [7, 11) is 0. The average molecular weight is 214 g/mol. The molecule has 0 aromatic rings. The Morgan fingerprint density at radius 1 is 1.36 bits per heavy atom. The zero-order chi connectivity index (χ0) is 10.6. The lowest BCUT2D eigenvalue weighted by Crippen LogP contribution is -2.39. The van der Waals surface area contributed by atoms with Crippen molar-refractivity contribution in [2.75, 3.05) is 19.6 Å². The fraction of sp³-hybridized carbons (Fsp3) is 0.909. The van der Waals surface area contributed by atoms with Crippen LogP contribution in [0.2, 0.25) is 0 Å². The molecule has 1 aliphatic heterocycles. The SMILES string of the molecule is CC1CC(C)CN(CCCC(N)=S)C1. The second-order valence-electron chi connectivity index (χ2n) is 4.78. The average Bonchev–Trinajstić information content (AvgIpc) is 2.01. The Labute approximate surface area is 92.8 Å². The number of piperidine rings is 1. The van der Waals surface area contributed by atoms with Crippen molar-refractivity contribution in [1.29, 1.82) is 0 Å². The van der Waals surface area contributed by atoms with Crippen LogP contribution in [-0.2, 0) is 0 Å². The Hall–Kier alpha value is -0.150. The number of hydrogen-bond acceptors (Lipinski definition) is 2.